The van der Waals surface area contributed by atoms with E-state index in [1.165, 1.54) is 32.1 Å². The highest BCUT2D eigenvalue weighted by Gasteiger charge is 2.37. The maximum Gasteiger partial charge on any atom is 0.0299 e. The van der Waals surface area contributed by atoms with Crippen LogP contribution in [0.4, 0.5) is 0 Å². The van der Waals surface area contributed by atoms with Gasteiger partial charge < -0.3 is 5.32 Å². The van der Waals surface area contributed by atoms with Crippen molar-refractivity contribution in [3.05, 3.63) is 11.1 Å². The summed E-state index contributed by atoms with van der Waals surface area (Å²) in [6.07, 6.45) is 6.78. The number of nitrogens with zero attached hydrogens (tertiary/aromatic N) is 1. The molecule has 2 bridgehead atoms. The highest BCUT2D eigenvalue weighted by atomic mass is 79.9. The lowest BCUT2D eigenvalue weighted by Gasteiger charge is -2.49. The summed E-state index contributed by atoms with van der Waals surface area (Å²) >= 11 is 3.50. The van der Waals surface area contributed by atoms with Crippen LogP contribution in [0.5, 0.6) is 0 Å². The second-order valence-corrected chi connectivity index (χ2v) is 6.01. The molecule has 0 spiro atoms. The second-order valence-electron chi connectivity index (χ2n) is 4.89. The van der Waals surface area contributed by atoms with E-state index in [2.05, 4.69) is 39.8 Å². The number of piperidine rings is 2. The van der Waals surface area contributed by atoms with Gasteiger partial charge in [0.05, 0.1) is 0 Å². The minimum absolute atomic E-state index is 0.736. The first-order valence-corrected chi connectivity index (χ1v) is 6.76. The molecule has 2 nitrogen and oxygen atoms in total. The number of hydrogen-bond donors (Lipinski definition) is 1. The Morgan fingerprint density at radius 1 is 1.40 bits per heavy atom. The van der Waals surface area contributed by atoms with Crippen molar-refractivity contribution in [2.24, 2.45) is 0 Å². The second kappa shape index (κ2) is 4.98. The lowest BCUT2D eigenvalue weighted by Crippen LogP contribution is -2.55. The molecular weight excluding hydrogens is 252 g/mol. The molecule has 15 heavy (non-hydrogen) atoms. The zero-order valence-electron chi connectivity index (χ0n) is 9.51. The smallest absolute Gasteiger partial charge is 0.0299 e. The fourth-order valence-electron chi connectivity index (χ4n) is 3.17. The van der Waals surface area contributed by atoms with E-state index >= 15 is 0 Å². The Labute approximate surface area is 101 Å². The topological polar surface area (TPSA) is 15.3 Å². The lowest BCUT2D eigenvalue weighted by atomic mass is 9.82. The molecule has 0 aromatic heterocycles. The van der Waals surface area contributed by atoms with E-state index in [1.807, 2.05) is 0 Å². The third kappa shape index (κ3) is 2.63. The summed E-state index contributed by atoms with van der Waals surface area (Å²) in [7, 11) is 2.10. The predicted molar refractivity (Wildman–Crippen MR) is 68.3 cm³/mol. The first kappa shape index (κ1) is 11.6. The van der Waals surface area contributed by atoms with Crippen LogP contribution in [0.15, 0.2) is 11.1 Å². The first-order valence-electron chi connectivity index (χ1n) is 5.97. The van der Waals surface area contributed by atoms with Gasteiger partial charge in [-0.1, -0.05) is 28.9 Å². The first-order chi connectivity index (χ1) is 7.20. The van der Waals surface area contributed by atoms with Crippen molar-refractivity contribution in [2.45, 2.75) is 50.2 Å². The average Bonchev–Trinajstić information content (AvgIpc) is 2.16. The molecule has 3 heteroatoms. The fourth-order valence-corrected chi connectivity index (χ4v) is 3.46. The molecule has 0 aliphatic carbocycles. The largest absolute Gasteiger partial charge is 0.317 e. The molecule has 0 aromatic rings. The molecule has 2 fully saturated rings. The summed E-state index contributed by atoms with van der Waals surface area (Å²) in [6, 6.07) is 2.30. The molecule has 0 saturated carbocycles. The van der Waals surface area contributed by atoms with Crippen LogP contribution in [0.25, 0.3) is 0 Å². The van der Waals surface area contributed by atoms with E-state index in [9.17, 15) is 0 Å². The van der Waals surface area contributed by atoms with Crippen LogP contribution in [0.1, 0.15) is 32.1 Å². The van der Waals surface area contributed by atoms with Gasteiger partial charge in [0.2, 0.25) is 0 Å². The summed E-state index contributed by atoms with van der Waals surface area (Å²) in [5.41, 5.74) is 0. The van der Waals surface area contributed by atoms with Crippen molar-refractivity contribution in [2.75, 3.05) is 13.6 Å². The van der Waals surface area contributed by atoms with Crippen molar-refractivity contribution >= 4 is 15.9 Å². The highest BCUT2D eigenvalue weighted by Crippen LogP contribution is 2.34. The van der Waals surface area contributed by atoms with Gasteiger partial charge in [0.1, 0.15) is 0 Å². The third-order valence-corrected chi connectivity index (χ3v) is 4.14. The Bertz CT molecular complexity index is 228. The van der Waals surface area contributed by atoms with Gasteiger partial charge in [0, 0.05) is 29.2 Å². The Morgan fingerprint density at radius 3 is 2.47 bits per heavy atom. The minimum atomic E-state index is 0.736. The SMILES string of the molecule is C=C(Br)CN1C2CCCC1CC(NC)C2. The molecule has 2 aliphatic rings. The van der Waals surface area contributed by atoms with Crippen LogP contribution in [-0.2, 0) is 0 Å². The standard InChI is InChI=1S/C12H21BrN2/c1-9(13)8-15-11-4-3-5-12(15)7-10(6-11)14-2/h10-12,14H,1,3-8H2,2H3. The maximum absolute atomic E-state index is 3.98. The van der Waals surface area contributed by atoms with Gasteiger partial charge in [-0.15, -0.1) is 0 Å². The predicted octanol–water partition coefficient (Wildman–Crippen LogP) is 2.50. The number of nitrogens with one attached hydrogen (secondary N) is 1. The summed E-state index contributed by atoms with van der Waals surface area (Å²) in [5, 5.41) is 3.45. The van der Waals surface area contributed by atoms with Crippen LogP contribution in [-0.4, -0.2) is 36.6 Å². The molecule has 2 heterocycles. The van der Waals surface area contributed by atoms with Crippen molar-refractivity contribution in [3.8, 4) is 0 Å². The van der Waals surface area contributed by atoms with Crippen LogP contribution < -0.4 is 5.32 Å². The van der Waals surface area contributed by atoms with Crippen LogP contribution >= 0.6 is 15.9 Å². The average molecular weight is 273 g/mol. The number of halogens is 1. The zero-order chi connectivity index (χ0) is 10.8. The Kier molecular flexibility index (Phi) is 3.86. The van der Waals surface area contributed by atoms with Crippen molar-refractivity contribution in [3.63, 3.8) is 0 Å². The van der Waals surface area contributed by atoms with Gasteiger partial charge in [0.15, 0.2) is 0 Å². The summed E-state index contributed by atoms with van der Waals surface area (Å²) < 4.78 is 1.13. The zero-order valence-corrected chi connectivity index (χ0v) is 11.1. The number of fused-ring (bicyclic) bond motifs is 2. The molecule has 2 atom stereocenters. The van der Waals surface area contributed by atoms with Crippen LogP contribution in [0.2, 0.25) is 0 Å². The van der Waals surface area contributed by atoms with E-state index < -0.39 is 0 Å². The molecule has 2 unspecified atom stereocenters. The molecule has 1 N–H and O–H groups in total. The Morgan fingerprint density at radius 2 is 2.00 bits per heavy atom. The molecule has 86 valence electrons. The highest BCUT2D eigenvalue weighted by molar-refractivity contribution is 9.11. The molecule has 0 radical (unpaired) electrons. The van der Waals surface area contributed by atoms with E-state index in [1.54, 1.807) is 0 Å². The molecule has 0 aromatic carbocycles. The third-order valence-electron chi connectivity index (χ3n) is 3.89. The Hall–Kier alpha value is 0.140. The fraction of sp³-hybridized carbons (Fsp3) is 0.833. The van der Waals surface area contributed by atoms with Crippen LogP contribution in [0, 0.1) is 0 Å². The summed E-state index contributed by atoms with van der Waals surface area (Å²) in [6.45, 7) is 5.01. The van der Waals surface area contributed by atoms with Gasteiger partial charge in [-0.3, -0.25) is 4.90 Å². The maximum atomic E-state index is 3.98. The summed E-state index contributed by atoms with van der Waals surface area (Å²) in [5.74, 6) is 0. The van der Waals surface area contributed by atoms with E-state index in [4.69, 9.17) is 0 Å². The number of rotatable bonds is 3. The van der Waals surface area contributed by atoms with Gasteiger partial charge in [-0.25, -0.2) is 0 Å². The quantitative estimate of drug-likeness (QED) is 0.850. The van der Waals surface area contributed by atoms with Crippen molar-refractivity contribution < 1.29 is 0 Å². The minimum Gasteiger partial charge on any atom is -0.317 e. The Balaban J connectivity index is 2.03. The van der Waals surface area contributed by atoms with E-state index in [0.29, 0.717) is 0 Å². The molecular formula is C12H21BrN2. The molecule has 2 aliphatic heterocycles. The normalized spacial score (nSPS) is 36.5. The van der Waals surface area contributed by atoms with Gasteiger partial charge in [0.25, 0.3) is 0 Å². The van der Waals surface area contributed by atoms with Crippen LogP contribution in [0.3, 0.4) is 0 Å². The lowest BCUT2D eigenvalue weighted by molar-refractivity contribution is 0.0360. The van der Waals surface area contributed by atoms with Gasteiger partial charge >= 0.3 is 0 Å². The number of hydrogen-bond acceptors (Lipinski definition) is 2. The van der Waals surface area contributed by atoms with Crippen molar-refractivity contribution in [1.82, 2.24) is 10.2 Å². The molecule has 2 saturated heterocycles. The molecule has 2 rings (SSSR count). The monoisotopic (exact) mass is 272 g/mol. The van der Waals surface area contributed by atoms with Gasteiger partial charge in [-0.2, -0.15) is 0 Å². The van der Waals surface area contributed by atoms with Gasteiger partial charge in [-0.05, 0) is 32.7 Å². The van der Waals surface area contributed by atoms with E-state index in [-0.39, 0.29) is 0 Å². The van der Waals surface area contributed by atoms with Crippen molar-refractivity contribution in [1.29, 1.82) is 0 Å². The molecule has 0 amide bonds. The van der Waals surface area contributed by atoms with E-state index in [0.717, 1.165) is 29.2 Å². The summed E-state index contributed by atoms with van der Waals surface area (Å²) in [4.78, 5) is 2.66.